The van der Waals surface area contributed by atoms with Gasteiger partial charge in [-0.25, -0.2) is 13.1 Å². The van der Waals surface area contributed by atoms with Crippen LogP contribution in [0.1, 0.15) is 24.8 Å². The van der Waals surface area contributed by atoms with E-state index in [4.69, 9.17) is 17.3 Å². The molecule has 0 aromatic heterocycles. The highest BCUT2D eigenvalue weighted by Crippen LogP contribution is 2.09. The molecule has 1 aromatic rings. The van der Waals surface area contributed by atoms with Crippen LogP contribution in [0, 0.1) is 0 Å². The zero-order valence-corrected chi connectivity index (χ0v) is 13.6. The van der Waals surface area contributed by atoms with E-state index in [1.54, 1.807) is 30.3 Å². The Labute approximate surface area is 135 Å². The van der Waals surface area contributed by atoms with Gasteiger partial charge in [-0.05, 0) is 36.6 Å². The molecule has 22 heavy (non-hydrogen) atoms. The van der Waals surface area contributed by atoms with E-state index in [-0.39, 0.29) is 12.2 Å². The Morgan fingerprint density at radius 2 is 1.82 bits per heavy atom. The third-order valence-corrected chi connectivity index (χ3v) is 4.52. The van der Waals surface area contributed by atoms with Gasteiger partial charge in [0.05, 0.1) is 11.8 Å². The largest absolute Gasteiger partial charge is 0.330 e. The highest BCUT2D eigenvalue weighted by atomic mass is 35.5. The van der Waals surface area contributed by atoms with E-state index >= 15 is 0 Å². The van der Waals surface area contributed by atoms with Crippen LogP contribution in [0.2, 0.25) is 0 Å². The summed E-state index contributed by atoms with van der Waals surface area (Å²) in [4.78, 5) is 22.7. The van der Waals surface area contributed by atoms with Crippen LogP contribution in [-0.2, 0) is 25.4 Å². The summed E-state index contributed by atoms with van der Waals surface area (Å²) in [5.74, 6) is -1.22. The van der Waals surface area contributed by atoms with Crippen molar-refractivity contribution in [3.05, 3.63) is 35.9 Å². The van der Waals surface area contributed by atoms with E-state index in [0.717, 1.165) is 0 Å². The molecule has 0 spiro atoms. The second-order valence-electron chi connectivity index (χ2n) is 4.84. The third-order valence-electron chi connectivity index (χ3n) is 2.98. The zero-order chi connectivity index (χ0) is 16.6. The minimum absolute atomic E-state index is 0.183. The van der Waals surface area contributed by atoms with Gasteiger partial charge in [0, 0.05) is 0 Å². The van der Waals surface area contributed by atoms with Crippen molar-refractivity contribution in [2.75, 3.05) is 6.54 Å². The van der Waals surface area contributed by atoms with Gasteiger partial charge in [0.2, 0.25) is 15.8 Å². The van der Waals surface area contributed by atoms with E-state index in [1.807, 2.05) is 0 Å². The molecular weight excluding hydrogens is 328 g/mol. The molecule has 0 saturated heterocycles. The normalized spacial score (nSPS) is 12.8. The van der Waals surface area contributed by atoms with Gasteiger partial charge >= 0.3 is 0 Å². The van der Waals surface area contributed by atoms with Crippen LogP contribution < -0.4 is 10.5 Å². The molecule has 0 aliphatic heterocycles. The molecular formula is C14H19ClN2O4S. The number of Topliss-reactive ketones (excluding diaryl/α,β-unsaturated/α-hetero) is 1. The van der Waals surface area contributed by atoms with Gasteiger partial charge in [-0.2, -0.15) is 0 Å². The number of nitrogens with two attached hydrogens (primary N) is 1. The third kappa shape index (κ3) is 6.65. The number of nitrogens with one attached hydrogen (secondary N) is 1. The first-order valence-electron chi connectivity index (χ1n) is 6.83. The average Bonchev–Trinajstić information content (AvgIpc) is 2.46. The SMILES string of the molecule is NCCCC[C@H](NS(=O)(=O)Cc1ccccc1)C(=O)C(=O)Cl. The van der Waals surface area contributed by atoms with Crippen molar-refractivity contribution in [2.45, 2.75) is 31.1 Å². The van der Waals surface area contributed by atoms with Gasteiger partial charge in [0.15, 0.2) is 0 Å². The van der Waals surface area contributed by atoms with Crippen LogP contribution >= 0.6 is 11.6 Å². The number of rotatable bonds is 10. The number of carbonyl (C=O) groups excluding carboxylic acids is 2. The van der Waals surface area contributed by atoms with Crippen molar-refractivity contribution < 1.29 is 18.0 Å². The van der Waals surface area contributed by atoms with E-state index in [0.29, 0.717) is 24.9 Å². The molecule has 6 nitrogen and oxygen atoms in total. The molecule has 0 fully saturated rings. The fourth-order valence-corrected chi connectivity index (χ4v) is 3.43. The summed E-state index contributed by atoms with van der Waals surface area (Å²) in [5.41, 5.74) is 5.95. The summed E-state index contributed by atoms with van der Waals surface area (Å²) < 4.78 is 26.5. The first kappa shape index (κ1) is 18.8. The molecule has 0 amide bonds. The van der Waals surface area contributed by atoms with E-state index in [2.05, 4.69) is 4.72 Å². The first-order chi connectivity index (χ1) is 10.4. The zero-order valence-electron chi connectivity index (χ0n) is 12.0. The number of hydrogen-bond acceptors (Lipinski definition) is 5. The van der Waals surface area contributed by atoms with Crippen molar-refractivity contribution in [1.82, 2.24) is 4.72 Å². The summed E-state index contributed by atoms with van der Waals surface area (Å²) in [6, 6.07) is 7.39. The van der Waals surface area contributed by atoms with Crippen LogP contribution in [0.5, 0.6) is 0 Å². The number of carbonyl (C=O) groups is 2. The maximum Gasteiger partial charge on any atom is 0.289 e. The molecule has 0 aliphatic carbocycles. The summed E-state index contributed by atoms with van der Waals surface area (Å²) in [6.07, 6.45) is 1.33. The number of benzene rings is 1. The minimum atomic E-state index is -3.76. The lowest BCUT2D eigenvalue weighted by atomic mass is 10.1. The molecule has 122 valence electrons. The number of ketones is 1. The lowest BCUT2D eigenvalue weighted by Crippen LogP contribution is -2.43. The second kappa shape index (κ2) is 8.99. The summed E-state index contributed by atoms with van der Waals surface area (Å²) in [6.45, 7) is 0.423. The fourth-order valence-electron chi connectivity index (χ4n) is 1.93. The number of sulfonamides is 1. The van der Waals surface area contributed by atoms with Gasteiger partial charge in [-0.15, -0.1) is 0 Å². The van der Waals surface area contributed by atoms with E-state index in [1.165, 1.54) is 0 Å². The van der Waals surface area contributed by atoms with E-state index in [9.17, 15) is 18.0 Å². The standard InChI is InChI=1S/C14H19ClN2O4S/c15-14(19)13(18)12(8-4-5-9-16)17-22(20,21)10-11-6-2-1-3-7-11/h1-3,6-7,12,17H,4-5,8-10,16H2/t12-/m0/s1. The Balaban J connectivity index is 2.78. The molecule has 1 rings (SSSR count). The Kier molecular flexibility index (Phi) is 7.67. The van der Waals surface area contributed by atoms with Gasteiger partial charge in [0.25, 0.3) is 5.24 Å². The lowest BCUT2D eigenvalue weighted by Gasteiger charge is -2.16. The van der Waals surface area contributed by atoms with Gasteiger partial charge in [-0.1, -0.05) is 36.8 Å². The molecule has 3 N–H and O–H groups in total. The molecule has 8 heteroatoms. The maximum absolute atomic E-state index is 12.1. The van der Waals surface area contributed by atoms with Gasteiger partial charge in [-0.3, -0.25) is 9.59 Å². The quantitative estimate of drug-likeness (QED) is 0.372. The highest BCUT2D eigenvalue weighted by Gasteiger charge is 2.27. The minimum Gasteiger partial charge on any atom is -0.330 e. The second-order valence-corrected chi connectivity index (χ2v) is 6.93. The van der Waals surface area contributed by atoms with Crippen molar-refractivity contribution >= 4 is 32.6 Å². The molecule has 0 unspecified atom stereocenters. The van der Waals surface area contributed by atoms with Gasteiger partial charge in [0.1, 0.15) is 0 Å². The number of unbranched alkanes of at least 4 members (excludes halogenated alkanes) is 1. The lowest BCUT2D eigenvalue weighted by molar-refractivity contribution is -0.133. The summed E-state index contributed by atoms with van der Waals surface area (Å²) >= 11 is 5.18. The molecule has 0 aliphatic rings. The summed E-state index contributed by atoms with van der Waals surface area (Å²) in [5, 5.41) is -1.18. The smallest absolute Gasteiger partial charge is 0.289 e. The van der Waals surface area contributed by atoms with Crippen molar-refractivity contribution in [1.29, 1.82) is 0 Å². The first-order valence-corrected chi connectivity index (χ1v) is 8.86. The predicted molar refractivity (Wildman–Crippen MR) is 84.8 cm³/mol. The van der Waals surface area contributed by atoms with Crippen LogP contribution in [0.3, 0.4) is 0 Å². The Morgan fingerprint density at radius 3 is 2.36 bits per heavy atom. The highest BCUT2D eigenvalue weighted by molar-refractivity contribution is 7.88. The fraction of sp³-hybridized carbons (Fsp3) is 0.429. The molecule has 0 radical (unpaired) electrons. The van der Waals surface area contributed by atoms with Crippen LogP contribution in [0.15, 0.2) is 30.3 Å². The number of halogens is 1. The van der Waals surface area contributed by atoms with Crippen LogP contribution in [0.25, 0.3) is 0 Å². The molecule has 1 atom stereocenters. The van der Waals surface area contributed by atoms with Crippen LogP contribution in [-0.4, -0.2) is 32.0 Å². The molecule has 0 saturated carbocycles. The Morgan fingerprint density at radius 1 is 1.18 bits per heavy atom. The number of hydrogen-bond donors (Lipinski definition) is 2. The Hall–Kier alpha value is -1.28. The predicted octanol–water partition coefficient (Wildman–Crippen LogP) is 0.938. The molecule has 0 heterocycles. The van der Waals surface area contributed by atoms with Gasteiger partial charge < -0.3 is 5.73 Å². The van der Waals surface area contributed by atoms with Crippen molar-refractivity contribution in [3.8, 4) is 0 Å². The molecule has 0 bridgehead atoms. The van der Waals surface area contributed by atoms with E-state index < -0.39 is 27.1 Å². The topological polar surface area (TPSA) is 106 Å². The van der Waals surface area contributed by atoms with Crippen molar-refractivity contribution in [3.63, 3.8) is 0 Å². The van der Waals surface area contributed by atoms with Crippen molar-refractivity contribution in [2.24, 2.45) is 5.73 Å². The monoisotopic (exact) mass is 346 g/mol. The molecule has 1 aromatic carbocycles. The summed E-state index contributed by atoms with van der Waals surface area (Å²) in [7, 11) is -3.76. The average molecular weight is 347 g/mol. The maximum atomic E-state index is 12.1. The Bertz CT molecular complexity index is 605. The van der Waals surface area contributed by atoms with Crippen LogP contribution in [0.4, 0.5) is 0 Å².